The number of nitrogens with one attached hydrogen (secondary N) is 2. The Morgan fingerprint density at radius 2 is 1.92 bits per heavy atom. The molecule has 2 N–H and O–H groups in total. The number of methoxy groups -OCH3 is 1. The van der Waals surface area contributed by atoms with Crippen molar-refractivity contribution in [2.75, 3.05) is 20.2 Å². The number of hydrogen-bond donors (Lipinski definition) is 2. The largest absolute Gasteiger partial charge is 0.497 e. The van der Waals surface area contributed by atoms with Gasteiger partial charge in [0.25, 0.3) is 0 Å². The molecule has 0 bridgehead atoms. The first-order valence-electron chi connectivity index (χ1n) is 8.75. The molecule has 1 heterocycles. The number of benzene rings is 2. The minimum absolute atomic E-state index is 0. The lowest BCUT2D eigenvalue weighted by atomic mass is 9.92. The highest BCUT2D eigenvalue weighted by Crippen LogP contribution is 2.58. The van der Waals surface area contributed by atoms with E-state index in [-0.39, 0.29) is 24.2 Å². The second-order valence-electron chi connectivity index (χ2n) is 7.13. The van der Waals surface area contributed by atoms with Crippen molar-refractivity contribution < 1.29 is 9.53 Å². The lowest BCUT2D eigenvalue weighted by molar-refractivity contribution is -0.123. The van der Waals surface area contributed by atoms with Crippen LogP contribution in [0.4, 0.5) is 0 Å². The number of carbonyl (C=O) groups excluding carboxylic acids is 1. The molecule has 2 fully saturated rings. The van der Waals surface area contributed by atoms with Crippen LogP contribution in [-0.4, -0.2) is 26.1 Å². The summed E-state index contributed by atoms with van der Waals surface area (Å²) in [7, 11) is 1.68. The Kier molecular flexibility index (Phi) is 5.21. The molecule has 2 aromatic carbocycles. The average molecular weight is 361 g/mol. The molecule has 4 rings (SSSR count). The SMILES string of the molecule is COc1ccc2cc(CNC(=O)C3CC34CCNCC4)ccc2c1.Cl. The third-order valence-corrected chi connectivity index (χ3v) is 5.68. The van der Waals surface area contributed by atoms with E-state index in [1.807, 2.05) is 12.1 Å². The van der Waals surface area contributed by atoms with Gasteiger partial charge in [-0.15, -0.1) is 12.4 Å². The zero-order valence-electron chi connectivity index (χ0n) is 14.5. The fourth-order valence-corrected chi connectivity index (χ4v) is 4.02. The van der Waals surface area contributed by atoms with Gasteiger partial charge < -0.3 is 15.4 Å². The van der Waals surface area contributed by atoms with Crippen LogP contribution >= 0.6 is 12.4 Å². The first-order chi connectivity index (χ1) is 11.7. The van der Waals surface area contributed by atoms with Gasteiger partial charge in [0.2, 0.25) is 5.91 Å². The van der Waals surface area contributed by atoms with Crippen LogP contribution < -0.4 is 15.4 Å². The molecular weight excluding hydrogens is 336 g/mol. The summed E-state index contributed by atoms with van der Waals surface area (Å²) in [5, 5.41) is 8.84. The van der Waals surface area contributed by atoms with Crippen LogP contribution in [0.3, 0.4) is 0 Å². The van der Waals surface area contributed by atoms with Crippen molar-refractivity contribution in [1.82, 2.24) is 10.6 Å². The minimum Gasteiger partial charge on any atom is -0.497 e. The number of fused-ring (bicyclic) bond motifs is 1. The molecular formula is C20H25ClN2O2. The third kappa shape index (κ3) is 3.60. The van der Waals surface area contributed by atoms with Crippen LogP contribution in [0.25, 0.3) is 10.8 Å². The van der Waals surface area contributed by atoms with Crippen LogP contribution in [0.15, 0.2) is 36.4 Å². The van der Waals surface area contributed by atoms with Gasteiger partial charge in [-0.3, -0.25) is 4.79 Å². The minimum atomic E-state index is 0. The predicted octanol–water partition coefficient (Wildman–Crippen LogP) is 3.28. The quantitative estimate of drug-likeness (QED) is 0.879. The van der Waals surface area contributed by atoms with Crippen LogP contribution in [0, 0.1) is 11.3 Å². The topological polar surface area (TPSA) is 50.4 Å². The van der Waals surface area contributed by atoms with E-state index >= 15 is 0 Å². The molecule has 1 saturated carbocycles. The van der Waals surface area contributed by atoms with E-state index in [9.17, 15) is 4.79 Å². The molecule has 25 heavy (non-hydrogen) atoms. The van der Waals surface area contributed by atoms with E-state index in [2.05, 4.69) is 34.9 Å². The van der Waals surface area contributed by atoms with Crippen molar-refractivity contribution in [2.24, 2.45) is 11.3 Å². The van der Waals surface area contributed by atoms with E-state index in [4.69, 9.17) is 4.74 Å². The van der Waals surface area contributed by atoms with Gasteiger partial charge in [0.15, 0.2) is 0 Å². The zero-order chi connectivity index (χ0) is 16.6. The molecule has 0 aromatic heterocycles. The summed E-state index contributed by atoms with van der Waals surface area (Å²) >= 11 is 0. The molecule has 2 aromatic rings. The maximum absolute atomic E-state index is 12.5. The van der Waals surface area contributed by atoms with Crippen molar-refractivity contribution >= 4 is 29.1 Å². The third-order valence-electron chi connectivity index (χ3n) is 5.68. The van der Waals surface area contributed by atoms with Gasteiger partial charge >= 0.3 is 0 Å². The molecule has 1 unspecified atom stereocenters. The van der Waals surface area contributed by atoms with Crippen molar-refractivity contribution in [3.8, 4) is 5.75 Å². The smallest absolute Gasteiger partial charge is 0.223 e. The molecule has 1 amide bonds. The molecule has 134 valence electrons. The molecule has 2 aliphatic rings. The van der Waals surface area contributed by atoms with E-state index < -0.39 is 0 Å². The normalized spacial score (nSPS) is 20.8. The number of rotatable bonds is 4. The lowest BCUT2D eigenvalue weighted by Crippen LogP contribution is -2.33. The Bertz CT molecular complexity index is 771. The first kappa shape index (κ1) is 18.0. The number of amides is 1. The van der Waals surface area contributed by atoms with Gasteiger partial charge in [-0.25, -0.2) is 0 Å². The summed E-state index contributed by atoms with van der Waals surface area (Å²) < 4.78 is 5.26. The maximum Gasteiger partial charge on any atom is 0.223 e. The number of ether oxygens (including phenoxy) is 1. The molecule has 0 radical (unpaired) electrons. The fraction of sp³-hybridized carbons (Fsp3) is 0.450. The van der Waals surface area contributed by atoms with E-state index in [1.54, 1.807) is 7.11 Å². The predicted molar refractivity (Wildman–Crippen MR) is 102 cm³/mol. The molecule has 1 aliphatic carbocycles. The van der Waals surface area contributed by atoms with E-state index in [1.165, 1.54) is 5.39 Å². The average Bonchev–Trinajstić information content (AvgIpc) is 3.32. The molecule has 1 aliphatic heterocycles. The Morgan fingerprint density at radius 3 is 2.68 bits per heavy atom. The standard InChI is InChI=1S/C20H24N2O2.ClH/c1-24-17-5-4-15-10-14(2-3-16(15)11-17)13-22-19(23)18-12-20(18)6-8-21-9-7-20;/h2-5,10-11,18,21H,6-9,12-13H2,1H3,(H,22,23);1H. The van der Waals surface area contributed by atoms with Crippen molar-refractivity contribution in [3.63, 3.8) is 0 Å². The summed E-state index contributed by atoms with van der Waals surface area (Å²) in [6, 6.07) is 12.4. The molecule has 5 heteroatoms. The summed E-state index contributed by atoms with van der Waals surface area (Å²) in [6.45, 7) is 2.71. The van der Waals surface area contributed by atoms with Crippen LogP contribution in [0.5, 0.6) is 5.75 Å². The summed E-state index contributed by atoms with van der Waals surface area (Å²) in [5.74, 6) is 1.32. The second-order valence-corrected chi connectivity index (χ2v) is 7.13. The Balaban J connectivity index is 0.00000182. The van der Waals surface area contributed by atoms with Gasteiger partial charge in [0, 0.05) is 12.5 Å². The number of hydrogen-bond acceptors (Lipinski definition) is 3. The second kappa shape index (κ2) is 7.22. The summed E-state index contributed by atoms with van der Waals surface area (Å²) in [4.78, 5) is 12.5. The van der Waals surface area contributed by atoms with Crippen molar-refractivity contribution in [2.45, 2.75) is 25.8 Å². The van der Waals surface area contributed by atoms with Gasteiger partial charge in [0.05, 0.1) is 7.11 Å². The zero-order valence-corrected chi connectivity index (χ0v) is 15.3. The molecule has 1 spiro atoms. The fourth-order valence-electron chi connectivity index (χ4n) is 4.02. The first-order valence-corrected chi connectivity index (χ1v) is 8.75. The monoisotopic (exact) mass is 360 g/mol. The Morgan fingerprint density at radius 1 is 1.20 bits per heavy atom. The van der Waals surface area contributed by atoms with Crippen LogP contribution in [0.2, 0.25) is 0 Å². The van der Waals surface area contributed by atoms with Crippen molar-refractivity contribution in [1.29, 1.82) is 0 Å². The molecule has 4 nitrogen and oxygen atoms in total. The van der Waals surface area contributed by atoms with E-state index in [0.717, 1.165) is 49.1 Å². The number of carbonyl (C=O) groups is 1. The van der Waals surface area contributed by atoms with Gasteiger partial charge in [0.1, 0.15) is 5.75 Å². The van der Waals surface area contributed by atoms with E-state index in [0.29, 0.717) is 12.0 Å². The lowest BCUT2D eigenvalue weighted by Gasteiger charge is -2.23. The molecule has 1 saturated heterocycles. The summed E-state index contributed by atoms with van der Waals surface area (Å²) in [6.07, 6.45) is 3.35. The van der Waals surface area contributed by atoms with Gasteiger partial charge in [-0.1, -0.05) is 18.2 Å². The van der Waals surface area contributed by atoms with Crippen LogP contribution in [-0.2, 0) is 11.3 Å². The summed E-state index contributed by atoms with van der Waals surface area (Å²) in [5.41, 5.74) is 1.44. The number of halogens is 1. The highest BCUT2D eigenvalue weighted by atomic mass is 35.5. The molecule has 1 atom stereocenters. The van der Waals surface area contributed by atoms with Crippen molar-refractivity contribution in [3.05, 3.63) is 42.0 Å². The number of piperidine rings is 1. The Hall–Kier alpha value is -1.78. The highest BCUT2D eigenvalue weighted by Gasteiger charge is 2.57. The van der Waals surface area contributed by atoms with Gasteiger partial charge in [-0.05, 0) is 72.3 Å². The highest BCUT2D eigenvalue weighted by molar-refractivity contribution is 5.86. The van der Waals surface area contributed by atoms with Crippen LogP contribution in [0.1, 0.15) is 24.8 Å². The maximum atomic E-state index is 12.5. The van der Waals surface area contributed by atoms with Gasteiger partial charge in [-0.2, -0.15) is 0 Å². The Labute approximate surface area is 154 Å².